The molecule has 3 heterocycles. The molecule has 7 nitrogen and oxygen atoms in total. The van der Waals surface area contributed by atoms with Crippen LogP contribution >= 0.6 is 11.3 Å². The number of carbonyl (C=O) groups is 2. The standard InChI is InChI=1S/C20H21N3O4S/c1-2-26-19(25)7-9-23(13-15-5-3-8-21-12-15)18(24)11-16-14-28-20(22-16)17-6-4-10-27-17/h3-6,8,10,12,14H,2,7,9,11,13H2,1H3. The first-order valence-electron chi connectivity index (χ1n) is 8.96. The van der Waals surface area contributed by atoms with E-state index in [4.69, 9.17) is 9.15 Å². The van der Waals surface area contributed by atoms with Gasteiger partial charge in [0, 0.05) is 30.9 Å². The minimum atomic E-state index is -0.319. The summed E-state index contributed by atoms with van der Waals surface area (Å²) in [6.45, 7) is 2.74. The number of ether oxygens (including phenoxy) is 1. The van der Waals surface area contributed by atoms with Crippen LogP contribution in [0, 0.1) is 0 Å². The maximum Gasteiger partial charge on any atom is 0.307 e. The molecule has 1 amide bonds. The summed E-state index contributed by atoms with van der Waals surface area (Å²) in [5.74, 6) is 0.253. The van der Waals surface area contributed by atoms with Crippen LogP contribution in [0.3, 0.4) is 0 Å². The van der Waals surface area contributed by atoms with Crippen molar-refractivity contribution < 1.29 is 18.7 Å². The van der Waals surface area contributed by atoms with Crippen LogP contribution in [-0.2, 0) is 27.3 Å². The van der Waals surface area contributed by atoms with Gasteiger partial charge in [0.15, 0.2) is 10.8 Å². The number of furan rings is 1. The van der Waals surface area contributed by atoms with Crippen LogP contribution in [-0.4, -0.2) is 39.9 Å². The van der Waals surface area contributed by atoms with Gasteiger partial charge in [0.25, 0.3) is 0 Å². The molecule has 0 fully saturated rings. The second kappa shape index (κ2) is 9.80. The zero-order valence-corrected chi connectivity index (χ0v) is 16.4. The third kappa shape index (κ3) is 5.50. The van der Waals surface area contributed by atoms with Crippen molar-refractivity contribution in [3.8, 4) is 10.8 Å². The Hall–Kier alpha value is -3.00. The van der Waals surface area contributed by atoms with Gasteiger partial charge < -0.3 is 14.1 Å². The van der Waals surface area contributed by atoms with Crippen molar-refractivity contribution in [1.82, 2.24) is 14.9 Å². The van der Waals surface area contributed by atoms with E-state index in [0.717, 1.165) is 10.6 Å². The summed E-state index contributed by atoms with van der Waals surface area (Å²) in [7, 11) is 0. The molecule has 0 N–H and O–H groups in total. The topological polar surface area (TPSA) is 85.5 Å². The predicted octanol–water partition coefficient (Wildman–Crippen LogP) is 3.32. The second-order valence-electron chi connectivity index (χ2n) is 6.03. The highest BCUT2D eigenvalue weighted by molar-refractivity contribution is 7.13. The van der Waals surface area contributed by atoms with Gasteiger partial charge in [-0.25, -0.2) is 4.98 Å². The minimum Gasteiger partial charge on any atom is -0.466 e. The summed E-state index contributed by atoms with van der Waals surface area (Å²) in [5.41, 5.74) is 1.57. The molecular weight excluding hydrogens is 378 g/mol. The van der Waals surface area contributed by atoms with E-state index in [9.17, 15) is 9.59 Å². The van der Waals surface area contributed by atoms with Gasteiger partial charge in [-0.3, -0.25) is 14.6 Å². The lowest BCUT2D eigenvalue weighted by molar-refractivity contribution is -0.144. The van der Waals surface area contributed by atoms with Crippen LogP contribution in [0.1, 0.15) is 24.6 Å². The van der Waals surface area contributed by atoms with Gasteiger partial charge in [-0.2, -0.15) is 0 Å². The van der Waals surface area contributed by atoms with E-state index in [2.05, 4.69) is 9.97 Å². The fraction of sp³-hybridized carbons (Fsp3) is 0.300. The lowest BCUT2D eigenvalue weighted by Gasteiger charge is -2.22. The lowest BCUT2D eigenvalue weighted by Crippen LogP contribution is -2.34. The Morgan fingerprint density at radius 3 is 2.89 bits per heavy atom. The Morgan fingerprint density at radius 1 is 1.29 bits per heavy atom. The van der Waals surface area contributed by atoms with Crippen LogP contribution in [0.2, 0.25) is 0 Å². The molecule has 0 atom stereocenters. The van der Waals surface area contributed by atoms with Gasteiger partial charge in [0.05, 0.1) is 31.4 Å². The fourth-order valence-electron chi connectivity index (χ4n) is 2.63. The van der Waals surface area contributed by atoms with Crippen LogP contribution < -0.4 is 0 Å². The smallest absolute Gasteiger partial charge is 0.307 e. The van der Waals surface area contributed by atoms with E-state index in [-0.39, 0.29) is 31.3 Å². The van der Waals surface area contributed by atoms with E-state index in [1.807, 2.05) is 23.6 Å². The number of amides is 1. The molecule has 8 heteroatoms. The molecule has 3 aromatic heterocycles. The van der Waals surface area contributed by atoms with E-state index in [0.29, 0.717) is 24.6 Å². The van der Waals surface area contributed by atoms with Gasteiger partial charge in [-0.1, -0.05) is 6.07 Å². The quantitative estimate of drug-likeness (QED) is 0.513. The van der Waals surface area contributed by atoms with E-state index >= 15 is 0 Å². The van der Waals surface area contributed by atoms with Gasteiger partial charge >= 0.3 is 5.97 Å². The SMILES string of the molecule is CCOC(=O)CCN(Cc1cccnc1)C(=O)Cc1csc(-c2ccco2)n1. The zero-order chi connectivity index (χ0) is 19.8. The monoisotopic (exact) mass is 399 g/mol. The van der Waals surface area contributed by atoms with Crippen LogP contribution in [0.4, 0.5) is 0 Å². The Morgan fingerprint density at radius 2 is 2.18 bits per heavy atom. The molecule has 0 bridgehead atoms. The molecule has 3 rings (SSSR count). The molecular formula is C20H21N3O4S. The summed E-state index contributed by atoms with van der Waals surface area (Å²) in [6.07, 6.45) is 5.28. The normalized spacial score (nSPS) is 10.6. The Labute approximate surface area is 167 Å². The summed E-state index contributed by atoms with van der Waals surface area (Å²) in [5, 5.41) is 2.58. The third-order valence-electron chi connectivity index (χ3n) is 3.96. The average molecular weight is 399 g/mol. The Balaban J connectivity index is 1.67. The van der Waals surface area contributed by atoms with E-state index < -0.39 is 0 Å². The van der Waals surface area contributed by atoms with Crippen LogP contribution in [0.5, 0.6) is 0 Å². The van der Waals surface area contributed by atoms with Crippen molar-refractivity contribution in [2.45, 2.75) is 26.3 Å². The van der Waals surface area contributed by atoms with Gasteiger partial charge in [0.2, 0.25) is 5.91 Å². The van der Waals surface area contributed by atoms with E-state index in [1.165, 1.54) is 11.3 Å². The third-order valence-corrected chi connectivity index (χ3v) is 4.86. The number of rotatable bonds is 9. The van der Waals surface area contributed by atoms with Crippen molar-refractivity contribution in [2.24, 2.45) is 0 Å². The number of aromatic nitrogens is 2. The molecule has 0 aliphatic heterocycles. The number of nitrogens with zero attached hydrogens (tertiary/aromatic N) is 3. The molecule has 0 saturated carbocycles. The first-order valence-corrected chi connectivity index (χ1v) is 9.84. The fourth-order valence-corrected chi connectivity index (χ4v) is 3.42. The zero-order valence-electron chi connectivity index (χ0n) is 15.5. The van der Waals surface area contributed by atoms with Crippen LogP contribution in [0.15, 0.2) is 52.7 Å². The minimum absolute atomic E-state index is 0.107. The van der Waals surface area contributed by atoms with Crippen molar-refractivity contribution in [3.05, 3.63) is 59.6 Å². The summed E-state index contributed by atoms with van der Waals surface area (Å²) in [6, 6.07) is 7.35. The molecule has 146 valence electrons. The number of pyridine rings is 1. The first-order chi connectivity index (χ1) is 13.7. The molecule has 0 spiro atoms. The van der Waals surface area contributed by atoms with Crippen molar-refractivity contribution in [3.63, 3.8) is 0 Å². The van der Waals surface area contributed by atoms with Crippen molar-refractivity contribution >= 4 is 23.2 Å². The molecule has 0 aliphatic carbocycles. The van der Waals surface area contributed by atoms with E-state index in [1.54, 1.807) is 36.5 Å². The molecule has 0 unspecified atom stereocenters. The molecule has 0 aromatic carbocycles. The van der Waals surface area contributed by atoms with Gasteiger partial charge in [-0.05, 0) is 30.7 Å². The maximum atomic E-state index is 12.9. The molecule has 0 radical (unpaired) electrons. The number of carbonyl (C=O) groups excluding carboxylic acids is 2. The number of hydrogen-bond donors (Lipinski definition) is 0. The summed E-state index contributed by atoms with van der Waals surface area (Å²) >= 11 is 1.43. The number of hydrogen-bond acceptors (Lipinski definition) is 7. The van der Waals surface area contributed by atoms with Crippen molar-refractivity contribution in [2.75, 3.05) is 13.2 Å². The lowest BCUT2D eigenvalue weighted by atomic mass is 10.2. The van der Waals surface area contributed by atoms with Crippen molar-refractivity contribution in [1.29, 1.82) is 0 Å². The average Bonchev–Trinajstić information content (AvgIpc) is 3.38. The van der Waals surface area contributed by atoms with Gasteiger partial charge in [-0.15, -0.1) is 11.3 Å². The Kier molecular flexibility index (Phi) is 6.91. The maximum absolute atomic E-state index is 12.9. The number of esters is 1. The summed E-state index contributed by atoms with van der Waals surface area (Å²) < 4.78 is 10.3. The summed E-state index contributed by atoms with van der Waals surface area (Å²) in [4.78, 5) is 34.8. The molecule has 0 saturated heterocycles. The molecule has 3 aromatic rings. The predicted molar refractivity (Wildman–Crippen MR) is 104 cm³/mol. The second-order valence-corrected chi connectivity index (χ2v) is 6.89. The first kappa shape index (κ1) is 19.8. The van der Waals surface area contributed by atoms with Crippen LogP contribution in [0.25, 0.3) is 10.8 Å². The Bertz CT molecular complexity index is 893. The molecule has 28 heavy (non-hydrogen) atoms. The molecule has 0 aliphatic rings. The highest BCUT2D eigenvalue weighted by Gasteiger charge is 2.18. The number of thiazole rings is 1. The highest BCUT2D eigenvalue weighted by atomic mass is 32.1. The largest absolute Gasteiger partial charge is 0.466 e. The highest BCUT2D eigenvalue weighted by Crippen LogP contribution is 2.24. The van der Waals surface area contributed by atoms with Gasteiger partial charge in [0.1, 0.15) is 0 Å².